The molecular weight excluding hydrogens is 262 g/mol. The van der Waals surface area contributed by atoms with Gasteiger partial charge in [-0.2, -0.15) is 0 Å². The quantitative estimate of drug-likeness (QED) is 0.739. The molecule has 0 amide bonds. The van der Waals surface area contributed by atoms with Crippen LogP contribution in [0.5, 0.6) is 0 Å². The summed E-state index contributed by atoms with van der Waals surface area (Å²) in [6.45, 7) is 2.90. The van der Waals surface area contributed by atoms with E-state index in [-0.39, 0.29) is 0 Å². The molecule has 4 heteroatoms. The number of hydrogen-bond acceptors (Lipinski definition) is 4. The summed E-state index contributed by atoms with van der Waals surface area (Å²) >= 11 is 3.63. The Kier molecular flexibility index (Phi) is 5.87. The van der Waals surface area contributed by atoms with Crippen LogP contribution in [0.25, 0.3) is 10.4 Å². The molecular formula is C14H19NOS2. The Labute approximate surface area is 117 Å². The van der Waals surface area contributed by atoms with Crippen molar-refractivity contribution in [1.82, 2.24) is 5.32 Å². The third-order valence-electron chi connectivity index (χ3n) is 2.71. The number of hydrogen-bond donors (Lipinski definition) is 1. The van der Waals surface area contributed by atoms with Crippen LogP contribution in [0.4, 0.5) is 0 Å². The van der Waals surface area contributed by atoms with E-state index in [0.717, 1.165) is 26.1 Å². The molecule has 0 fully saturated rings. The molecule has 98 valence electrons. The van der Waals surface area contributed by atoms with Gasteiger partial charge in [0.05, 0.1) is 0 Å². The number of nitrogens with one attached hydrogen (secondary N) is 1. The highest BCUT2D eigenvalue weighted by Gasteiger charge is 2.02. The molecule has 2 heterocycles. The van der Waals surface area contributed by atoms with E-state index in [1.807, 2.05) is 11.3 Å². The van der Waals surface area contributed by atoms with E-state index in [2.05, 4.69) is 34.3 Å². The summed E-state index contributed by atoms with van der Waals surface area (Å²) in [6, 6.07) is 6.57. The van der Waals surface area contributed by atoms with Gasteiger partial charge in [0.1, 0.15) is 0 Å². The second kappa shape index (κ2) is 7.69. The van der Waals surface area contributed by atoms with E-state index in [9.17, 15) is 0 Å². The van der Waals surface area contributed by atoms with Crippen molar-refractivity contribution in [2.75, 3.05) is 20.3 Å². The van der Waals surface area contributed by atoms with Gasteiger partial charge in [-0.15, -0.1) is 22.7 Å². The molecule has 2 nitrogen and oxygen atoms in total. The number of ether oxygens (including phenoxy) is 1. The number of thiophene rings is 2. The lowest BCUT2D eigenvalue weighted by Crippen LogP contribution is -2.14. The van der Waals surface area contributed by atoms with Crippen LogP contribution in [0, 0.1) is 0 Å². The van der Waals surface area contributed by atoms with E-state index in [4.69, 9.17) is 4.74 Å². The molecule has 0 atom stereocenters. The fourth-order valence-corrected chi connectivity index (χ4v) is 3.40. The molecule has 0 radical (unpaired) electrons. The van der Waals surface area contributed by atoms with E-state index < -0.39 is 0 Å². The van der Waals surface area contributed by atoms with Gasteiger partial charge in [0.25, 0.3) is 0 Å². The highest BCUT2D eigenvalue weighted by atomic mass is 32.1. The molecule has 2 aromatic heterocycles. The largest absolute Gasteiger partial charge is 0.385 e. The van der Waals surface area contributed by atoms with Crippen LogP contribution in [0.1, 0.15) is 17.7 Å². The molecule has 0 unspecified atom stereocenters. The maximum Gasteiger partial charge on any atom is 0.0462 e. The van der Waals surface area contributed by atoms with Gasteiger partial charge in [-0.3, -0.25) is 0 Å². The maximum atomic E-state index is 5.03. The topological polar surface area (TPSA) is 21.3 Å². The molecule has 18 heavy (non-hydrogen) atoms. The zero-order valence-corrected chi connectivity index (χ0v) is 12.3. The molecule has 0 saturated carbocycles. The van der Waals surface area contributed by atoms with Crippen molar-refractivity contribution in [1.29, 1.82) is 0 Å². The minimum atomic E-state index is 0.864. The average molecular weight is 281 g/mol. The summed E-state index contributed by atoms with van der Waals surface area (Å²) in [7, 11) is 1.76. The Morgan fingerprint density at radius 2 is 2.22 bits per heavy atom. The predicted octanol–water partition coefficient (Wildman–Crippen LogP) is 3.99. The predicted molar refractivity (Wildman–Crippen MR) is 80.4 cm³/mol. The fraction of sp³-hybridized carbons (Fsp3) is 0.429. The van der Waals surface area contributed by atoms with Crippen LogP contribution in [0.2, 0.25) is 0 Å². The number of methoxy groups -OCH3 is 1. The summed E-state index contributed by atoms with van der Waals surface area (Å²) in [5.41, 5.74) is 1.35. The second-order valence-electron chi connectivity index (χ2n) is 4.16. The van der Waals surface area contributed by atoms with Gasteiger partial charge < -0.3 is 10.1 Å². The van der Waals surface area contributed by atoms with Crippen LogP contribution < -0.4 is 5.32 Å². The van der Waals surface area contributed by atoms with Crippen LogP contribution in [0.15, 0.2) is 29.0 Å². The van der Waals surface area contributed by atoms with E-state index in [1.54, 1.807) is 18.4 Å². The number of unbranched alkanes of at least 4 members (excludes halogenated alkanes) is 1. The normalized spacial score (nSPS) is 10.9. The van der Waals surface area contributed by atoms with Gasteiger partial charge in [-0.25, -0.2) is 0 Å². The Morgan fingerprint density at radius 1 is 1.28 bits per heavy atom. The van der Waals surface area contributed by atoms with Gasteiger partial charge in [0, 0.05) is 35.6 Å². The van der Waals surface area contributed by atoms with Crippen LogP contribution in [-0.4, -0.2) is 20.3 Å². The molecule has 0 aromatic carbocycles. The van der Waals surface area contributed by atoms with E-state index in [1.165, 1.54) is 21.7 Å². The summed E-state index contributed by atoms with van der Waals surface area (Å²) < 4.78 is 5.03. The van der Waals surface area contributed by atoms with Crippen molar-refractivity contribution in [3.63, 3.8) is 0 Å². The van der Waals surface area contributed by atoms with Gasteiger partial charge in [0.2, 0.25) is 0 Å². The summed E-state index contributed by atoms with van der Waals surface area (Å²) in [6.07, 6.45) is 2.31. The SMILES string of the molecule is COCCCCNCc1cc(-c2cccs2)cs1. The van der Waals surface area contributed by atoms with Gasteiger partial charge in [0.15, 0.2) is 0 Å². The van der Waals surface area contributed by atoms with Crippen molar-refractivity contribution in [2.24, 2.45) is 0 Å². The summed E-state index contributed by atoms with van der Waals surface area (Å²) in [4.78, 5) is 2.77. The minimum Gasteiger partial charge on any atom is -0.385 e. The first-order valence-corrected chi connectivity index (χ1v) is 7.97. The highest BCUT2D eigenvalue weighted by Crippen LogP contribution is 2.29. The molecule has 0 aliphatic rings. The average Bonchev–Trinajstić information content (AvgIpc) is 3.03. The Morgan fingerprint density at radius 3 is 3.00 bits per heavy atom. The van der Waals surface area contributed by atoms with Crippen LogP contribution in [-0.2, 0) is 11.3 Å². The van der Waals surface area contributed by atoms with Gasteiger partial charge in [-0.05, 0) is 42.3 Å². The third kappa shape index (κ3) is 4.21. The van der Waals surface area contributed by atoms with E-state index >= 15 is 0 Å². The summed E-state index contributed by atoms with van der Waals surface area (Å²) in [5, 5.41) is 7.85. The lowest BCUT2D eigenvalue weighted by atomic mass is 10.2. The highest BCUT2D eigenvalue weighted by molar-refractivity contribution is 7.14. The Balaban J connectivity index is 1.71. The molecule has 0 aliphatic carbocycles. The monoisotopic (exact) mass is 281 g/mol. The lowest BCUT2D eigenvalue weighted by molar-refractivity contribution is 0.192. The minimum absolute atomic E-state index is 0.864. The molecule has 0 spiro atoms. The fourth-order valence-electron chi connectivity index (χ4n) is 1.75. The molecule has 0 aliphatic heterocycles. The van der Waals surface area contributed by atoms with Gasteiger partial charge in [-0.1, -0.05) is 6.07 Å². The van der Waals surface area contributed by atoms with Crippen molar-refractivity contribution in [2.45, 2.75) is 19.4 Å². The first-order chi connectivity index (χ1) is 8.90. The third-order valence-corrected chi connectivity index (χ3v) is 4.57. The van der Waals surface area contributed by atoms with Crippen molar-refractivity contribution < 1.29 is 4.74 Å². The zero-order valence-electron chi connectivity index (χ0n) is 10.6. The molecule has 0 saturated heterocycles. The lowest BCUT2D eigenvalue weighted by Gasteiger charge is -2.02. The Hall–Kier alpha value is -0.680. The standard InChI is InChI=1S/C14H19NOS2/c1-16-7-3-2-6-15-10-13-9-12(11-18-13)14-5-4-8-17-14/h4-5,8-9,11,15H,2-3,6-7,10H2,1H3. The molecule has 0 bridgehead atoms. The van der Waals surface area contributed by atoms with Crippen molar-refractivity contribution in [3.8, 4) is 10.4 Å². The maximum absolute atomic E-state index is 5.03. The molecule has 2 aromatic rings. The van der Waals surface area contributed by atoms with E-state index in [0.29, 0.717) is 0 Å². The van der Waals surface area contributed by atoms with Crippen molar-refractivity contribution in [3.05, 3.63) is 33.8 Å². The van der Waals surface area contributed by atoms with Crippen LogP contribution >= 0.6 is 22.7 Å². The zero-order chi connectivity index (χ0) is 12.6. The first kappa shape index (κ1) is 13.7. The smallest absolute Gasteiger partial charge is 0.0462 e. The Bertz CT molecular complexity index is 436. The van der Waals surface area contributed by atoms with Gasteiger partial charge >= 0.3 is 0 Å². The van der Waals surface area contributed by atoms with Crippen molar-refractivity contribution >= 4 is 22.7 Å². The number of rotatable bonds is 8. The summed E-state index contributed by atoms with van der Waals surface area (Å²) in [5.74, 6) is 0. The first-order valence-electron chi connectivity index (χ1n) is 6.21. The van der Waals surface area contributed by atoms with Crippen LogP contribution in [0.3, 0.4) is 0 Å². The molecule has 1 N–H and O–H groups in total. The second-order valence-corrected chi connectivity index (χ2v) is 6.10. The molecule has 2 rings (SSSR count).